The van der Waals surface area contributed by atoms with Crippen molar-refractivity contribution in [2.75, 3.05) is 7.05 Å². The molecule has 0 amide bonds. The SMILES string of the molecule is CNC(c1ccc(Cl)cc1F)c1cc(C)c(C)cc1Cl. The van der Waals surface area contributed by atoms with Crippen molar-refractivity contribution in [1.29, 1.82) is 0 Å². The molecule has 106 valence electrons. The number of nitrogens with one attached hydrogen (secondary N) is 1. The second-order valence-corrected chi connectivity index (χ2v) is 5.69. The molecule has 0 aliphatic rings. The van der Waals surface area contributed by atoms with Gasteiger partial charge in [-0.05, 0) is 55.8 Å². The topological polar surface area (TPSA) is 12.0 Å². The van der Waals surface area contributed by atoms with Crippen molar-refractivity contribution < 1.29 is 4.39 Å². The molecule has 0 fully saturated rings. The quantitative estimate of drug-likeness (QED) is 0.835. The Balaban J connectivity index is 2.55. The van der Waals surface area contributed by atoms with Gasteiger partial charge in [-0.3, -0.25) is 0 Å². The summed E-state index contributed by atoms with van der Waals surface area (Å²) < 4.78 is 14.1. The minimum atomic E-state index is -0.342. The first-order chi connectivity index (χ1) is 9.43. The Hall–Kier alpha value is -1.09. The Morgan fingerprint density at radius 3 is 2.25 bits per heavy atom. The highest BCUT2D eigenvalue weighted by molar-refractivity contribution is 6.31. The molecule has 4 heteroatoms. The zero-order chi connectivity index (χ0) is 14.9. The largest absolute Gasteiger partial charge is 0.309 e. The summed E-state index contributed by atoms with van der Waals surface area (Å²) in [5, 5.41) is 4.12. The number of rotatable bonds is 3. The Morgan fingerprint density at radius 2 is 1.65 bits per heavy atom. The fourth-order valence-electron chi connectivity index (χ4n) is 2.24. The molecule has 0 aliphatic heterocycles. The van der Waals surface area contributed by atoms with Gasteiger partial charge in [-0.25, -0.2) is 4.39 Å². The normalized spacial score (nSPS) is 12.5. The molecular formula is C16H16Cl2FN. The standard InChI is InChI=1S/C16H16Cl2FN/c1-9-6-13(14(18)7-10(9)2)16(20-3)12-5-4-11(17)8-15(12)19/h4-8,16,20H,1-3H3. The lowest BCUT2D eigenvalue weighted by Gasteiger charge is -2.20. The molecule has 2 aromatic carbocycles. The van der Waals surface area contributed by atoms with Gasteiger partial charge in [-0.15, -0.1) is 0 Å². The van der Waals surface area contributed by atoms with Gasteiger partial charge >= 0.3 is 0 Å². The molecule has 1 N–H and O–H groups in total. The predicted molar refractivity (Wildman–Crippen MR) is 83.2 cm³/mol. The fourth-order valence-corrected chi connectivity index (χ4v) is 2.72. The molecule has 0 spiro atoms. The van der Waals surface area contributed by atoms with Crippen molar-refractivity contribution in [2.24, 2.45) is 0 Å². The van der Waals surface area contributed by atoms with Crippen molar-refractivity contribution in [3.8, 4) is 0 Å². The Labute approximate surface area is 128 Å². The molecule has 0 bridgehead atoms. The van der Waals surface area contributed by atoms with E-state index >= 15 is 0 Å². The van der Waals surface area contributed by atoms with E-state index in [-0.39, 0.29) is 11.9 Å². The molecule has 0 saturated carbocycles. The van der Waals surface area contributed by atoms with Gasteiger partial charge in [0.25, 0.3) is 0 Å². The van der Waals surface area contributed by atoms with Crippen molar-refractivity contribution in [2.45, 2.75) is 19.9 Å². The predicted octanol–water partition coefficient (Wildman–Crippen LogP) is 5.06. The third kappa shape index (κ3) is 2.98. The van der Waals surface area contributed by atoms with Gasteiger partial charge in [-0.2, -0.15) is 0 Å². The van der Waals surface area contributed by atoms with E-state index in [9.17, 15) is 4.39 Å². The Kier molecular flexibility index (Phi) is 4.69. The molecule has 0 aliphatic carbocycles. The van der Waals surface area contributed by atoms with Crippen LogP contribution in [0.5, 0.6) is 0 Å². The third-order valence-electron chi connectivity index (χ3n) is 3.49. The van der Waals surface area contributed by atoms with Crippen LogP contribution in [0, 0.1) is 19.7 Å². The third-order valence-corrected chi connectivity index (χ3v) is 4.05. The number of benzene rings is 2. The van der Waals surface area contributed by atoms with Crippen LogP contribution in [0.2, 0.25) is 10.0 Å². The zero-order valence-electron chi connectivity index (χ0n) is 11.6. The smallest absolute Gasteiger partial charge is 0.129 e. The first kappa shape index (κ1) is 15.3. The highest BCUT2D eigenvalue weighted by Gasteiger charge is 2.19. The number of hydrogen-bond acceptors (Lipinski definition) is 1. The molecule has 1 nitrogen and oxygen atoms in total. The fraction of sp³-hybridized carbons (Fsp3) is 0.250. The van der Waals surface area contributed by atoms with Gasteiger partial charge in [0.15, 0.2) is 0 Å². The van der Waals surface area contributed by atoms with Gasteiger partial charge < -0.3 is 5.32 Å². The summed E-state index contributed by atoms with van der Waals surface area (Å²) in [6, 6.07) is 8.27. The summed E-state index contributed by atoms with van der Waals surface area (Å²) in [7, 11) is 1.78. The second kappa shape index (κ2) is 6.13. The van der Waals surface area contributed by atoms with Crippen LogP contribution < -0.4 is 5.32 Å². The summed E-state index contributed by atoms with van der Waals surface area (Å²) in [6.07, 6.45) is 0. The average molecular weight is 312 g/mol. The monoisotopic (exact) mass is 311 g/mol. The van der Waals surface area contributed by atoms with E-state index in [1.807, 2.05) is 26.0 Å². The van der Waals surface area contributed by atoms with E-state index in [1.54, 1.807) is 19.2 Å². The number of hydrogen-bond donors (Lipinski definition) is 1. The van der Waals surface area contributed by atoms with Crippen LogP contribution in [-0.2, 0) is 0 Å². The van der Waals surface area contributed by atoms with Gasteiger partial charge in [-0.1, -0.05) is 35.3 Å². The maximum absolute atomic E-state index is 14.1. The Morgan fingerprint density at radius 1 is 1.00 bits per heavy atom. The minimum absolute atomic E-state index is 0.306. The van der Waals surface area contributed by atoms with Crippen molar-refractivity contribution in [3.63, 3.8) is 0 Å². The summed E-state index contributed by atoms with van der Waals surface area (Å²) >= 11 is 12.1. The molecule has 0 aromatic heterocycles. The van der Waals surface area contributed by atoms with Gasteiger partial charge in [0.05, 0.1) is 6.04 Å². The lowest BCUT2D eigenvalue weighted by atomic mass is 9.95. The van der Waals surface area contributed by atoms with Crippen LogP contribution in [0.15, 0.2) is 30.3 Å². The van der Waals surface area contributed by atoms with E-state index in [0.717, 1.165) is 16.7 Å². The molecule has 1 unspecified atom stereocenters. The first-order valence-electron chi connectivity index (χ1n) is 6.33. The summed E-state index contributed by atoms with van der Waals surface area (Å²) in [5.74, 6) is -0.342. The number of aryl methyl sites for hydroxylation is 2. The second-order valence-electron chi connectivity index (χ2n) is 4.85. The minimum Gasteiger partial charge on any atom is -0.309 e. The van der Waals surface area contributed by atoms with Crippen LogP contribution >= 0.6 is 23.2 Å². The first-order valence-corrected chi connectivity index (χ1v) is 7.08. The van der Waals surface area contributed by atoms with E-state index in [4.69, 9.17) is 23.2 Å². The summed E-state index contributed by atoms with van der Waals surface area (Å²) in [4.78, 5) is 0. The van der Waals surface area contributed by atoms with Crippen LogP contribution in [0.1, 0.15) is 28.3 Å². The molecule has 2 aromatic rings. The van der Waals surface area contributed by atoms with Gasteiger partial charge in [0.1, 0.15) is 5.82 Å². The van der Waals surface area contributed by atoms with E-state index in [2.05, 4.69) is 5.32 Å². The van der Waals surface area contributed by atoms with Crippen molar-refractivity contribution in [1.82, 2.24) is 5.32 Å². The van der Waals surface area contributed by atoms with Crippen LogP contribution in [-0.4, -0.2) is 7.05 Å². The molecule has 0 heterocycles. The molecule has 20 heavy (non-hydrogen) atoms. The molecule has 2 rings (SSSR count). The number of halogens is 3. The summed E-state index contributed by atoms with van der Waals surface area (Å²) in [5.41, 5.74) is 3.63. The van der Waals surface area contributed by atoms with Crippen molar-refractivity contribution in [3.05, 3.63) is 68.4 Å². The summed E-state index contributed by atoms with van der Waals surface area (Å²) in [6.45, 7) is 4.02. The lowest BCUT2D eigenvalue weighted by Crippen LogP contribution is -2.19. The molecular weight excluding hydrogens is 296 g/mol. The van der Waals surface area contributed by atoms with E-state index in [0.29, 0.717) is 15.6 Å². The van der Waals surface area contributed by atoms with Gasteiger partial charge in [0, 0.05) is 15.6 Å². The maximum Gasteiger partial charge on any atom is 0.129 e. The highest BCUT2D eigenvalue weighted by atomic mass is 35.5. The molecule has 1 atom stereocenters. The van der Waals surface area contributed by atoms with Crippen molar-refractivity contribution >= 4 is 23.2 Å². The molecule has 0 radical (unpaired) electrons. The van der Waals surface area contributed by atoms with Crippen LogP contribution in [0.25, 0.3) is 0 Å². The van der Waals surface area contributed by atoms with E-state index < -0.39 is 0 Å². The lowest BCUT2D eigenvalue weighted by molar-refractivity contribution is 0.576. The van der Waals surface area contributed by atoms with Crippen LogP contribution in [0.4, 0.5) is 4.39 Å². The average Bonchev–Trinajstić information content (AvgIpc) is 2.38. The van der Waals surface area contributed by atoms with Gasteiger partial charge in [0.2, 0.25) is 0 Å². The molecule has 0 saturated heterocycles. The highest BCUT2D eigenvalue weighted by Crippen LogP contribution is 2.32. The van der Waals surface area contributed by atoms with E-state index in [1.165, 1.54) is 6.07 Å². The maximum atomic E-state index is 14.1. The zero-order valence-corrected chi connectivity index (χ0v) is 13.1. The Bertz CT molecular complexity index is 641. The van der Waals surface area contributed by atoms with Crippen LogP contribution in [0.3, 0.4) is 0 Å².